The number of nitrogens with two attached hydrogens (primary N) is 1. The molecule has 0 aliphatic carbocycles. The van der Waals surface area contributed by atoms with E-state index in [-0.39, 0.29) is 0 Å². The Balaban J connectivity index is 3.02. The van der Waals surface area contributed by atoms with Crippen LogP contribution in [0.3, 0.4) is 0 Å². The Kier molecular flexibility index (Phi) is 2.76. The molecule has 0 aliphatic heterocycles. The molecule has 0 spiro atoms. The average molecular weight is 216 g/mol. The van der Waals surface area contributed by atoms with Gasteiger partial charge in [0.2, 0.25) is 0 Å². The van der Waals surface area contributed by atoms with Crippen LogP contribution >= 0.6 is 15.9 Å². The van der Waals surface area contributed by atoms with Crippen LogP contribution in [0.15, 0.2) is 18.2 Å². The third kappa shape index (κ3) is 1.87. The Morgan fingerprint density at radius 2 is 2.27 bits per heavy atom. The molecular formula is C8H10BrNO. The van der Waals surface area contributed by atoms with Gasteiger partial charge in [-0.3, -0.25) is 0 Å². The minimum atomic E-state index is 0.678. The van der Waals surface area contributed by atoms with E-state index in [9.17, 15) is 0 Å². The van der Waals surface area contributed by atoms with Gasteiger partial charge in [0.25, 0.3) is 0 Å². The summed E-state index contributed by atoms with van der Waals surface area (Å²) in [7, 11) is 1.61. The van der Waals surface area contributed by atoms with E-state index in [2.05, 4.69) is 15.9 Å². The Bertz CT molecular complexity index is 250. The predicted octanol–water partition coefficient (Wildman–Crippen LogP) is 2.17. The van der Waals surface area contributed by atoms with Gasteiger partial charge in [-0.05, 0) is 17.7 Å². The Labute approximate surface area is 74.5 Å². The number of halogens is 1. The molecular weight excluding hydrogens is 206 g/mol. The summed E-state index contributed by atoms with van der Waals surface area (Å²) in [5.41, 5.74) is 7.46. The van der Waals surface area contributed by atoms with Crippen LogP contribution in [0.5, 0.6) is 5.75 Å². The molecule has 1 aromatic carbocycles. The molecule has 1 rings (SSSR count). The maximum atomic E-state index is 5.61. The summed E-state index contributed by atoms with van der Waals surface area (Å²) in [6, 6.07) is 5.73. The van der Waals surface area contributed by atoms with Crippen molar-refractivity contribution in [2.45, 2.75) is 5.33 Å². The fourth-order valence-corrected chi connectivity index (χ4v) is 1.19. The molecule has 0 aliphatic rings. The molecule has 60 valence electrons. The van der Waals surface area contributed by atoms with E-state index in [1.165, 1.54) is 0 Å². The molecule has 0 heterocycles. The fraction of sp³-hybridized carbons (Fsp3) is 0.250. The SMILES string of the molecule is COc1cc(CBr)ccc1N. The summed E-state index contributed by atoms with van der Waals surface area (Å²) in [6.07, 6.45) is 0. The lowest BCUT2D eigenvalue weighted by Crippen LogP contribution is -1.92. The molecule has 2 nitrogen and oxygen atoms in total. The Morgan fingerprint density at radius 3 is 2.82 bits per heavy atom. The number of hydrogen-bond donors (Lipinski definition) is 1. The highest BCUT2D eigenvalue weighted by Gasteiger charge is 1.98. The molecule has 3 heteroatoms. The van der Waals surface area contributed by atoms with E-state index < -0.39 is 0 Å². The minimum absolute atomic E-state index is 0.678. The molecule has 0 radical (unpaired) electrons. The first-order valence-electron chi connectivity index (χ1n) is 3.26. The van der Waals surface area contributed by atoms with Gasteiger partial charge in [0, 0.05) is 5.33 Å². The summed E-state index contributed by atoms with van der Waals surface area (Å²) in [4.78, 5) is 0. The first kappa shape index (κ1) is 8.40. The zero-order valence-electron chi connectivity index (χ0n) is 6.30. The van der Waals surface area contributed by atoms with E-state index in [0.29, 0.717) is 5.69 Å². The molecule has 0 atom stereocenters. The fourth-order valence-electron chi connectivity index (χ4n) is 0.839. The lowest BCUT2D eigenvalue weighted by Gasteiger charge is -2.04. The molecule has 0 aromatic heterocycles. The van der Waals surface area contributed by atoms with Gasteiger partial charge in [0.15, 0.2) is 0 Å². The topological polar surface area (TPSA) is 35.2 Å². The van der Waals surface area contributed by atoms with E-state index in [1.807, 2.05) is 18.2 Å². The summed E-state index contributed by atoms with van der Waals surface area (Å²) < 4.78 is 5.04. The molecule has 2 N–H and O–H groups in total. The lowest BCUT2D eigenvalue weighted by molar-refractivity contribution is 0.416. The Hall–Kier alpha value is -0.700. The number of nitrogen functional groups attached to an aromatic ring is 1. The van der Waals surface area contributed by atoms with Crippen LogP contribution in [0.4, 0.5) is 5.69 Å². The van der Waals surface area contributed by atoms with E-state index in [0.717, 1.165) is 16.6 Å². The van der Waals surface area contributed by atoms with Crippen molar-refractivity contribution in [1.82, 2.24) is 0 Å². The predicted molar refractivity (Wildman–Crippen MR) is 50.0 cm³/mol. The second-order valence-electron chi connectivity index (χ2n) is 2.21. The maximum absolute atomic E-state index is 5.61. The van der Waals surface area contributed by atoms with Gasteiger partial charge in [-0.2, -0.15) is 0 Å². The average Bonchev–Trinajstić information content (AvgIpc) is 2.05. The van der Waals surface area contributed by atoms with Crippen LogP contribution in [0.2, 0.25) is 0 Å². The van der Waals surface area contributed by atoms with Gasteiger partial charge in [0.1, 0.15) is 5.75 Å². The van der Waals surface area contributed by atoms with E-state index in [4.69, 9.17) is 10.5 Å². The van der Waals surface area contributed by atoms with Crippen molar-refractivity contribution in [3.05, 3.63) is 23.8 Å². The molecule has 0 fully saturated rings. The van der Waals surface area contributed by atoms with Gasteiger partial charge in [0.05, 0.1) is 12.8 Å². The normalized spacial score (nSPS) is 9.64. The second kappa shape index (κ2) is 3.62. The first-order valence-corrected chi connectivity index (χ1v) is 4.38. The summed E-state index contributed by atoms with van der Waals surface area (Å²) in [6.45, 7) is 0. The second-order valence-corrected chi connectivity index (χ2v) is 2.77. The number of rotatable bonds is 2. The zero-order chi connectivity index (χ0) is 8.27. The third-order valence-corrected chi connectivity index (χ3v) is 2.10. The van der Waals surface area contributed by atoms with Gasteiger partial charge < -0.3 is 10.5 Å². The van der Waals surface area contributed by atoms with Gasteiger partial charge in [-0.25, -0.2) is 0 Å². The standard InChI is InChI=1S/C8H10BrNO/c1-11-8-4-6(5-9)2-3-7(8)10/h2-4H,5,10H2,1H3. The largest absolute Gasteiger partial charge is 0.495 e. The summed E-state index contributed by atoms with van der Waals surface area (Å²) >= 11 is 3.35. The van der Waals surface area contributed by atoms with Crippen LogP contribution < -0.4 is 10.5 Å². The van der Waals surface area contributed by atoms with E-state index >= 15 is 0 Å². The van der Waals surface area contributed by atoms with Crippen molar-refractivity contribution in [2.24, 2.45) is 0 Å². The quantitative estimate of drug-likeness (QED) is 0.607. The van der Waals surface area contributed by atoms with Crippen molar-refractivity contribution in [3.8, 4) is 5.75 Å². The van der Waals surface area contributed by atoms with Gasteiger partial charge in [-0.1, -0.05) is 22.0 Å². The number of ether oxygens (including phenoxy) is 1. The summed E-state index contributed by atoms with van der Waals surface area (Å²) in [5, 5.41) is 0.823. The van der Waals surface area contributed by atoms with Crippen molar-refractivity contribution in [1.29, 1.82) is 0 Å². The zero-order valence-corrected chi connectivity index (χ0v) is 7.89. The van der Waals surface area contributed by atoms with Crippen molar-refractivity contribution < 1.29 is 4.74 Å². The summed E-state index contributed by atoms with van der Waals surface area (Å²) in [5.74, 6) is 0.738. The molecule has 0 amide bonds. The number of methoxy groups -OCH3 is 1. The highest BCUT2D eigenvalue weighted by atomic mass is 79.9. The molecule has 0 bridgehead atoms. The van der Waals surface area contributed by atoms with Gasteiger partial charge >= 0.3 is 0 Å². The molecule has 0 saturated heterocycles. The molecule has 11 heavy (non-hydrogen) atoms. The number of benzene rings is 1. The smallest absolute Gasteiger partial charge is 0.142 e. The third-order valence-electron chi connectivity index (χ3n) is 1.45. The number of hydrogen-bond acceptors (Lipinski definition) is 2. The van der Waals surface area contributed by atoms with Gasteiger partial charge in [-0.15, -0.1) is 0 Å². The van der Waals surface area contributed by atoms with Crippen LogP contribution in [0.25, 0.3) is 0 Å². The first-order chi connectivity index (χ1) is 5.27. The van der Waals surface area contributed by atoms with Crippen molar-refractivity contribution in [3.63, 3.8) is 0 Å². The maximum Gasteiger partial charge on any atom is 0.142 e. The van der Waals surface area contributed by atoms with Crippen LogP contribution in [0.1, 0.15) is 5.56 Å². The lowest BCUT2D eigenvalue weighted by atomic mass is 10.2. The monoisotopic (exact) mass is 215 g/mol. The minimum Gasteiger partial charge on any atom is -0.495 e. The number of alkyl halides is 1. The van der Waals surface area contributed by atoms with Crippen LogP contribution in [-0.4, -0.2) is 7.11 Å². The molecule has 0 saturated carbocycles. The van der Waals surface area contributed by atoms with Crippen molar-refractivity contribution in [2.75, 3.05) is 12.8 Å². The highest BCUT2D eigenvalue weighted by Crippen LogP contribution is 2.22. The van der Waals surface area contributed by atoms with Crippen LogP contribution in [0, 0.1) is 0 Å². The van der Waals surface area contributed by atoms with E-state index in [1.54, 1.807) is 7.11 Å². The van der Waals surface area contributed by atoms with Crippen LogP contribution in [-0.2, 0) is 5.33 Å². The Morgan fingerprint density at radius 1 is 1.55 bits per heavy atom. The highest BCUT2D eigenvalue weighted by molar-refractivity contribution is 9.08. The van der Waals surface area contributed by atoms with Crippen molar-refractivity contribution >= 4 is 21.6 Å². The molecule has 1 aromatic rings. The number of anilines is 1. The molecule has 0 unspecified atom stereocenters.